The summed E-state index contributed by atoms with van der Waals surface area (Å²) in [5.74, 6) is 0.543. The molecule has 21 heavy (non-hydrogen) atoms. The van der Waals surface area contributed by atoms with E-state index in [2.05, 4.69) is 54.5 Å². The number of aromatic nitrogens is 2. The molecule has 0 saturated heterocycles. The number of aryl methyl sites for hydroxylation is 2. The summed E-state index contributed by atoms with van der Waals surface area (Å²) in [5.41, 5.74) is 4.96. The Morgan fingerprint density at radius 1 is 1.10 bits per heavy atom. The molecule has 1 aromatic carbocycles. The average Bonchev–Trinajstić information content (AvgIpc) is 2.50. The molecule has 0 amide bonds. The van der Waals surface area contributed by atoms with Gasteiger partial charge in [0.25, 0.3) is 0 Å². The van der Waals surface area contributed by atoms with E-state index >= 15 is 0 Å². The molecule has 2 rings (SSSR count). The number of rotatable bonds is 6. The molecule has 2 aromatic rings. The number of hydrogen-bond acceptors (Lipinski definition) is 4. The first-order valence-electron chi connectivity index (χ1n) is 7.31. The van der Waals surface area contributed by atoms with Crippen LogP contribution in [0.15, 0.2) is 30.3 Å². The van der Waals surface area contributed by atoms with E-state index in [1.54, 1.807) is 7.11 Å². The molecule has 0 fully saturated rings. The molecule has 1 unspecified atom stereocenters. The van der Waals surface area contributed by atoms with Crippen molar-refractivity contribution in [2.24, 2.45) is 0 Å². The molecule has 1 heterocycles. The molecular weight excluding hydrogens is 262 g/mol. The molecule has 4 heteroatoms. The second kappa shape index (κ2) is 7.18. The van der Waals surface area contributed by atoms with Crippen LogP contribution in [0.4, 0.5) is 0 Å². The third-order valence-corrected chi connectivity index (χ3v) is 3.73. The molecule has 1 aromatic heterocycles. The van der Waals surface area contributed by atoms with Gasteiger partial charge in [-0.1, -0.05) is 25.1 Å². The van der Waals surface area contributed by atoms with Gasteiger partial charge >= 0.3 is 0 Å². The molecule has 0 spiro atoms. The highest BCUT2D eigenvalue weighted by Gasteiger charge is 2.16. The van der Waals surface area contributed by atoms with Crippen LogP contribution in [-0.4, -0.2) is 23.9 Å². The fraction of sp³-hybridized carbons (Fsp3) is 0.412. The summed E-state index contributed by atoms with van der Waals surface area (Å²) in [6.45, 7) is 7.31. The Bertz CT molecular complexity index is 561. The molecule has 0 aliphatic heterocycles. The van der Waals surface area contributed by atoms with Gasteiger partial charge in [-0.2, -0.15) is 5.10 Å². The number of nitrogens with zero attached hydrogens (tertiary/aromatic N) is 2. The molecule has 0 aliphatic carbocycles. The lowest BCUT2D eigenvalue weighted by Gasteiger charge is -2.19. The van der Waals surface area contributed by atoms with Crippen LogP contribution in [0, 0.1) is 13.8 Å². The Kier molecular flexibility index (Phi) is 5.28. The van der Waals surface area contributed by atoms with Gasteiger partial charge in [0.15, 0.2) is 0 Å². The van der Waals surface area contributed by atoms with Gasteiger partial charge in [0.1, 0.15) is 0 Å². The SMILES string of the molecule is CCNC(Cc1c(C)cccc1C)c1ccc(OC)nn1. The molecule has 0 radical (unpaired) electrons. The predicted octanol–water partition coefficient (Wildman–Crippen LogP) is 3.00. The second-order valence-electron chi connectivity index (χ2n) is 5.19. The Hall–Kier alpha value is -1.94. The van der Waals surface area contributed by atoms with Crippen LogP contribution in [0.5, 0.6) is 5.88 Å². The quantitative estimate of drug-likeness (QED) is 0.886. The van der Waals surface area contributed by atoms with Gasteiger partial charge in [-0.15, -0.1) is 5.10 Å². The topological polar surface area (TPSA) is 47.0 Å². The number of methoxy groups -OCH3 is 1. The van der Waals surface area contributed by atoms with E-state index in [9.17, 15) is 0 Å². The van der Waals surface area contributed by atoms with E-state index in [0.717, 1.165) is 18.7 Å². The summed E-state index contributed by atoms with van der Waals surface area (Å²) in [5, 5.41) is 11.9. The Morgan fingerprint density at radius 3 is 2.33 bits per heavy atom. The van der Waals surface area contributed by atoms with Crippen molar-refractivity contribution in [2.75, 3.05) is 13.7 Å². The van der Waals surface area contributed by atoms with Crippen LogP contribution in [-0.2, 0) is 6.42 Å². The maximum Gasteiger partial charge on any atom is 0.233 e. The van der Waals surface area contributed by atoms with Crippen molar-refractivity contribution in [3.63, 3.8) is 0 Å². The number of hydrogen-bond donors (Lipinski definition) is 1. The maximum absolute atomic E-state index is 5.07. The Morgan fingerprint density at radius 2 is 1.81 bits per heavy atom. The van der Waals surface area contributed by atoms with Crippen LogP contribution in [0.2, 0.25) is 0 Å². The number of likely N-dealkylation sites (N-methyl/N-ethyl adjacent to an activating group) is 1. The van der Waals surface area contributed by atoms with Crippen molar-refractivity contribution in [1.82, 2.24) is 15.5 Å². The van der Waals surface area contributed by atoms with E-state index in [-0.39, 0.29) is 6.04 Å². The van der Waals surface area contributed by atoms with Crippen LogP contribution < -0.4 is 10.1 Å². The van der Waals surface area contributed by atoms with Crippen molar-refractivity contribution < 1.29 is 4.74 Å². The summed E-state index contributed by atoms with van der Waals surface area (Å²) >= 11 is 0. The van der Waals surface area contributed by atoms with Crippen molar-refractivity contribution in [3.8, 4) is 5.88 Å². The summed E-state index contributed by atoms with van der Waals surface area (Å²) in [7, 11) is 1.60. The minimum Gasteiger partial charge on any atom is -0.480 e. The molecule has 0 aliphatic rings. The largest absolute Gasteiger partial charge is 0.480 e. The Balaban J connectivity index is 2.26. The van der Waals surface area contributed by atoms with E-state index in [4.69, 9.17) is 4.74 Å². The van der Waals surface area contributed by atoms with Crippen molar-refractivity contribution in [2.45, 2.75) is 33.2 Å². The highest BCUT2D eigenvalue weighted by atomic mass is 16.5. The fourth-order valence-corrected chi connectivity index (χ4v) is 2.53. The summed E-state index contributed by atoms with van der Waals surface area (Å²) in [6, 6.07) is 10.4. The number of benzene rings is 1. The highest BCUT2D eigenvalue weighted by Crippen LogP contribution is 2.22. The number of ether oxygens (including phenoxy) is 1. The first-order chi connectivity index (χ1) is 10.2. The van der Waals surface area contributed by atoms with Gasteiger partial charge in [-0.3, -0.25) is 0 Å². The smallest absolute Gasteiger partial charge is 0.233 e. The lowest BCUT2D eigenvalue weighted by atomic mass is 9.95. The Labute approximate surface area is 126 Å². The zero-order valence-electron chi connectivity index (χ0n) is 13.2. The van der Waals surface area contributed by atoms with Gasteiger partial charge in [-0.25, -0.2) is 0 Å². The summed E-state index contributed by atoms with van der Waals surface area (Å²) in [6.07, 6.45) is 0.910. The van der Waals surface area contributed by atoms with Crippen LogP contribution in [0.25, 0.3) is 0 Å². The van der Waals surface area contributed by atoms with Gasteiger partial charge in [0, 0.05) is 6.07 Å². The molecule has 112 valence electrons. The molecule has 0 bridgehead atoms. The second-order valence-corrected chi connectivity index (χ2v) is 5.19. The third kappa shape index (κ3) is 3.79. The molecule has 4 nitrogen and oxygen atoms in total. The summed E-state index contributed by atoms with van der Waals surface area (Å²) < 4.78 is 5.07. The van der Waals surface area contributed by atoms with E-state index < -0.39 is 0 Å². The van der Waals surface area contributed by atoms with Crippen LogP contribution in [0.3, 0.4) is 0 Å². The monoisotopic (exact) mass is 285 g/mol. The van der Waals surface area contributed by atoms with Crippen molar-refractivity contribution in [3.05, 3.63) is 52.7 Å². The third-order valence-electron chi connectivity index (χ3n) is 3.73. The zero-order chi connectivity index (χ0) is 15.2. The molecule has 0 saturated carbocycles. The summed E-state index contributed by atoms with van der Waals surface area (Å²) in [4.78, 5) is 0. The van der Waals surface area contributed by atoms with Gasteiger partial charge < -0.3 is 10.1 Å². The van der Waals surface area contributed by atoms with Crippen LogP contribution in [0.1, 0.15) is 35.3 Å². The highest BCUT2D eigenvalue weighted by molar-refractivity contribution is 5.35. The standard InChI is InChI=1S/C17H23N3O/c1-5-18-16(15-9-10-17(21-4)20-19-15)11-14-12(2)7-6-8-13(14)3/h6-10,16,18H,5,11H2,1-4H3. The van der Waals surface area contributed by atoms with Crippen molar-refractivity contribution >= 4 is 0 Å². The lowest BCUT2D eigenvalue weighted by Crippen LogP contribution is -2.24. The normalized spacial score (nSPS) is 12.2. The first kappa shape index (κ1) is 15.4. The maximum atomic E-state index is 5.07. The average molecular weight is 285 g/mol. The predicted molar refractivity (Wildman–Crippen MR) is 84.6 cm³/mol. The van der Waals surface area contributed by atoms with E-state index in [1.165, 1.54) is 16.7 Å². The van der Waals surface area contributed by atoms with E-state index in [1.807, 2.05) is 12.1 Å². The minimum absolute atomic E-state index is 0.160. The van der Waals surface area contributed by atoms with Gasteiger partial charge in [-0.05, 0) is 49.6 Å². The lowest BCUT2D eigenvalue weighted by molar-refractivity contribution is 0.389. The first-order valence-corrected chi connectivity index (χ1v) is 7.31. The van der Waals surface area contributed by atoms with Crippen molar-refractivity contribution in [1.29, 1.82) is 0 Å². The van der Waals surface area contributed by atoms with Crippen LogP contribution >= 0.6 is 0 Å². The molecule has 1 atom stereocenters. The fourth-order valence-electron chi connectivity index (χ4n) is 2.53. The minimum atomic E-state index is 0.160. The van der Waals surface area contributed by atoms with Gasteiger partial charge in [0.05, 0.1) is 18.8 Å². The van der Waals surface area contributed by atoms with Gasteiger partial charge in [0.2, 0.25) is 5.88 Å². The zero-order valence-corrected chi connectivity index (χ0v) is 13.2. The molecule has 1 N–H and O–H groups in total. The molecular formula is C17H23N3O. The van der Waals surface area contributed by atoms with E-state index in [0.29, 0.717) is 5.88 Å². The number of nitrogens with one attached hydrogen (secondary N) is 1.